The Labute approximate surface area is 208 Å². The van der Waals surface area contributed by atoms with Gasteiger partial charge in [-0.2, -0.15) is 0 Å². The van der Waals surface area contributed by atoms with E-state index in [0.29, 0.717) is 39.8 Å². The molecule has 2 aliphatic rings. The van der Waals surface area contributed by atoms with Crippen molar-refractivity contribution >= 4 is 29.1 Å². The van der Waals surface area contributed by atoms with Crippen LogP contribution in [0.15, 0.2) is 60.7 Å². The Hall–Kier alpha value is -4.53. The third-order valence-corrected chi connectivity index (χ3v) is 6.41. The molecule has 1 atom stereocenters. The molecular weight excluding hydrogens is 462 g/mol. The molecule has 0 fully saturated rings. The number of rotatable bonds is 7. The Morgan fingerprint density at radius 3 is 2.17 bits per heavy atom. The Kier molecular flexibility index (Phi) is 5.97. The summed E-state index contributed by atoms with van der Waals surface area (Å²) >= 11 is 0. The van der Waals surface area contributed by atoms with E-state index in [1.54, 1.807) is 58.3 Å². The lowest BCUT2D eigenvalue weighted by molar-refractivity contribution is -0.116. The van der Waals surface area contributed by atoms with Crippen LogP contribution in [0.25, 0.3) is 0 Å². The summed E-state index contributed by atoms with van der Waals surface area (Å²) in [5, 5.41) is 2.83. The van der Waals surface area contributed by atoms with Crippen molar-refractivity contribution in [2.75, 3.05) is 38.1 Å². The van der Waals surface area contributed by atoms with E-state index in [-0.39, 0.29) is 30.7 Å². The number of nitrogens with one attached hydrogen (secondary N) is 1. The van der Waals surface area contributed by atoms with Gasteiger partial charge in [-0.25, -0.2) is 0 Å². The van der Waals surface area contributed by atoms with Crippen LogP contribution in [0, 0.1) is 0 Å². The van der Waals surface area contributed by atoms with Crippen molar-refractivity contribution in [1.82, 2.24) is 4.90 Å². The summed E-state index contributed by atoms with van der Waals surface area (Å²) in [5.74, 6) is 0.540. The van der Waals surface area contributed by atoms with Crippen molar-refractivity contribution in [1.29, 1.82) is 0 Å². The van der Waals surface area contributed by atoms with Crippen molar-refractivity contribution in [3.8, 4) is 17.2 Å². The zero-order valence-corrected chi connectivity index (χ0v) is 20.1. The van der Waals surface area contributed by atoms with Gasteiger partial charge in [-0.1, -0.05) is 30.3 Å². The average molecular weight is 488 g/mol. The minimum atomic E-state index is -0.606. The molecule has 2 heterocycles. The number of benzene rings is 3. The number of nitrogens with zero attached hydrogens (tertiary/aromatic N) is 2. The summed E-state index contributed by atoms with van der Waals surface area (Å²) in [5.41, 5.74) is 2.77. The maximum absolute atomic E-state index is 13.5. The van der Waals surface area contributed by atoms with Gasteiger partial charge in [-0.05, 0) is 18.2 Å². The first-order chi connectivity index (χ1) is 17.5. The first kappa shape index (κ1) is 23.2. The van der Waals surface area contributed by atoms with Gasteiger partial charge in [0.15, 0.2) is 11.5 Å². The Balaban J connectivity index is 1.40. The third kappa shape index (κ3) is 3.69. The SMILES string of the molecule is COc1cc(NC(=O)CCN2C(=O)c3ccccc3N3C(=O)c4ccccc4[C@H]23)cc(OC)c1OC. The number of carbonyl (C=O) groups is 3. The van der Waals surface area contributed by atoms with E-state index in [0.717, 1.165) is 5.56 Å². The van der Waals surface area contributed by atoms with Gasteiger partial charge in [0.1, 0.15) is 6.17 Å². The topological polar surface area (TPSA) is 97.4 Å². The molecule has 2 aliphatic heterocycles. The molecule has 5 rings (SSSR count). The van der Waals surface area contributed by atoms with Crippen LogP contribution in [0.5, 0.6) is 17.2 Å². The van der Waals surface area contributed by atoms with Crippen molar-refractivity contribution in [2.45, 2.75) is 12.6 Å². The third-order valence-electron chi connectivity index (χ3n) is 6.41. The minimum absolute atomic E-state index is 0.0191. The van der Waals surface area contributed by atoms with Crippen LogP contribution in [0.1, 0.15) is 38.9 Å². The highest BCUT2D eigenvalue weighted by atomic mass is 16.5. The molecule has 0 aromatic heterocycles. The van der Waals surface area contributed by atoms with Crippen LogP contribution in [0.4, 0.5) is 11.4 Å². The normalized spacial score (nSPS) is 15.7. The number of para-hydroxylation sites is 1. The highest BCUT2D eigenvalue weighted by Crippen LogP contribution is 2.45. The molecule has 3 amide bonds. The summed E-state index contributed by atoms with van der Waals surface area (Å²) in [6, 6.07) is 17.6. The van der Waals surface area contributed by atoms with Crippen LogP contribution in [-0.2, 0) is 4.79 Å². The number of hydrogen-bond acceptors (Lipinski definition) is 6. The minimum Gasteiger partial charge on any atom is -0.493 e. The molecule has 1 N–H and O–H groups in total. The van der Waals surface area contributed by atoms with E-state index in [9.17, 15) is 14.4 Å². The lowest BCUT2D eigenvalue weighted by atomic mass is 10.0. The molecular formula is C27H25N3O6. The molecule has 0 saturated carbocycles. The lowest BCUT2D eigenvalue weighted by Gasteiger charge is -2.40. The predicted molar refractivity (Wildman–Crippen MR) is 133 cm³/mol. The van der Waals surface area contributed by atoms with Gasteiger partial charge >= 0.3 is 0 Å². The van der Waals surface area contributed by atoms with Crippen molar-refractivity contribution in [3.63, 3.8) is 0 Å². The number of fused-ring (bicyclic) bond motifs is 5. The summed E-state index contributed by atoms with van der Waals surface area (Å²) in [7, 11) is 4.49. The standard InChI is InChI=1S/C27H25N3O6/c1-34-21-14-16(15-22(35-2)24(21)36-3)28-23(31)12-13-29-25-17-8-4-5-9-18(17)27(33)30(25)20-11-7-6-10-19(20)26(29)32/h4-11,14-15,25H,12-13H2,1-3H3,(H,28,31)/t25-/m1/s1. The Morgan fingerprint density at radius 2 is 1.50 bits per heavy atom. The van der Waals surface area contributed by atoms with Gasteiger partial charge in [0.25, 0.3) is 11.8 Å². The van der Waals surface area contributed by atoms with E-state index in [1.807, 2.05) is 12.1 Å². The molecule has 184 valence electrons. The lowest BCUT2D eigenvalue weighted by Crippen LogP contribution is -2.48. The van der Waals surface area contributed by atoms with Crippen LogP contribution in [0.3, 0.4) is 0 Å². The molecule has 0 saturated heterocycles. The van der Waals surface area contributed by atoms with Crippen molar-refractivity contribution in [2.24, 2.45) is 0 Å². The van der Waals surface area contributed by atoms with E-state index >= 15 is 0 Å². The van der Waals surface area contributed by atoms with Crippen LogP contribution >= 0.6 is 0 Å². The quantitative estimate of drug-likeness (QED) is 0.544. The van der Waals surface area contributed by atoms with Crippen LogP contribution in [0.2, 0.25) is 0 Å². The van der Waals surface area contributed by atoms with Crippen LogP contribution < -0.4 is 24.4 Å². The number of carbonyl (C=O) groups excluding carboxylic acids is 3. The fourth-order valence-electron chi connectivity index (χ4n) is 4.80. The molecule has 9 nitrogen and oxygen atoms in total. The van der Waals surface area contributed by atoms with Gasteiger partial charge in [-0.15, -0.1) is 0 Å². The average Bonchev–Trinajstić information content (AvgIpc) is 3.20. The zero-order valence-electron chi connectivity index (χ0n) is 20.1. The summed E-state index contributed by atoms with van der Waals surface area (Å²) < 4.78 is 16.0. The fourth-order valence-corrected chi connectivity index (χ4v) is 4.80. The highest BCUT2D eigenvalue weighted by molar-refractivity contribution is 6.16. The monoisotopic (exact) mass is 487 g/mol. The van der Waals surface area contributed by atoms with Gasteiger partial charge in [-0.3, -0.25) is 19.3 Å². The van der Waals surface area contributed by atoms with E-state index < -0.39 is 6.17 Å². The summed E-state index contributed by atoms with van der Waals surface area (Å²) in [6.45, 7) is 0.117. The zero-order chi connectivity index (χ0) is 25.4. The summed E-state index contributed by atoms with van der Waals surface area (Å²) in [4.78, 5) is 42.9. The first-order valence-corrected chi connectivity index (χ1v) is 11.4. The van der Waals surface area contributed by atoms with Gasteiger partial charge in [0, 0.05) is 41.9 Å². The molecule has 0 radical (unpaired) electrons. The number of anilines is 2. The number of methoxy groups -OCH3 is 3. The van der Waals surface area contributed by atoms with E-state index in [4.69, 9.17) is 14.2 Å². The Bertz CT molecular complexity index is 1350. The highest BCUT2D eigenvalue weighted by Gasteiger charge is 2.47. The molecule has 0 bridgehead atoms. The van der Waals surface area contributed by atoms with Gasteiger partial charge in [0.2, 0.25) is 11.7 Å². The second-order valence-electron chi connectivity index (χ2n) is 8.36. The molecule has 0 spiro atoms. The molecule has 36 heavy (non-hydrogen) atoms. The first-order valence-electron chi connectivity index (χ1n) is 11.4. The number of amides is 3. The maximum atomic E-state index is 13.5. The number of ether oxygens (including phenoxy) is 3. The predicted octanol–water partition coefficient (Wildman–Crippen LogP) is 3.86. The van der Waals surface area contributed by atoms with E-state index in [2.05, 4.69) is 5.32 Å². The number of hydrogen-bond donors (Lipinski definition) is 1. The maximum Gasteiger partial charge on any atom is 0.260 e. The van der Waals surface area contributed by atoms with Gasteiger partial charge in [0.05, 0.1) is 32.6 Å². The Morgan fingerprint density at radius 1 is 0.861 bits per heavy atom. The molecule has 0 aliphatic carbocycles. The molecule has 3 aromatic rings. The van der Waals surface area contributed by atoms with Gasteiger partial charge < -0.3 is 24.4 Å². The smallest absolute Gasteiger partial charge is 0.260 e. The molecule has 0 unspecified atom stereocenters. The molecule has 3 aromatic carbocycles. The van der Waals surface area contributed by atoms with E-state index in [1.165, 1.54) is 21.3 Å². The molecule has 9 heteroatoms. The largest absolute Gasteiger partial charge is 0.493 e. The van der Waals surface area contributed by atoms with Crippen LogP contribution in [-0.4, -0.2) is 50.5 Å². The van der Waals surface area contributed by atoms with Crippen molar-refractivity contribution < 1.29 is 28.6 Å². The second-order valence-corrected chi connectivity index (χ2v) is 8.36. The summed E-state index contributed by atoms with van der Waals surface area (Å²) in [6.07, 6.45) is -0.587. The fraction of sp³-hybridized carbons (Fsp3) is 0.222. The second kappa shape index (κ2) is 9.26. The van der Waals surface area contributed by atoms with Crippen molar-refractivity contribution in [3.05, 3.63) is 77.4 Å².